The van der Waals surface area contributed by atoms with Crippen LogP contribution in [0.25, 0.3) is 0 Å². The van der Waals surface area contributed by atoms with E-state index in [2.05, 4.69) is 40.8 Å². The molecule has 0 unspecified atom stereocenters. The third kappa shape index (κ3) is 3.49. The van der Waals surface area contributed by atoms with Crippen LogP contribution in [0.3, 0.4) is 0 Å². The van der Waals surface area contributed by atoms with Crippen LogP contribution in [0.2, 0.25) is 13.1 Å². The average Bonchev–Trinajstić information content (AvgIpc) is 2.03. The van der Waals surface area contributed by atoms with Gasteiger partial charge < -0.3 is 8.85 Å². The van der Waals surface area contributed by atoms with Crippen LogP contribution in [0.1, 0.15) is 33.6 Å². The molecule has 0 aromatic heterocycles. The van der Waals surface area contributed by atoms with Crippen LogP contribution in [0.15, 0.2) is 0 Å². The Hall–Kier alpha value is 0.354. The Balaban J connectivity index is 4.73. The van der Waals surface area contributed by atoms with Gasteiger partial charge in [-0.25, -0.2) is 0 Å². The predicted molar refractivity (Wildman–Crippen MR) is 67.8 cm³/mol. The van der Waals surface area contributed by atoms with E-state index in [1.165, 1.54) is 0 Å². The lowest BCUT2D eigenvalue weighted by atomic mass is 9.83. The Bertz CT molecular complexity index is 138. The molecule has 0 rings (SSSR count). The fourth-order valence-electron chi connectivity index (χ4n) is 1.69. The van der Waals surface area contributed by atoms with Crippen molar-refractivity contribution < 1.29 is 8.85 Å². The van der Waals surface area contributed by atoms with Gasteiger partial charge in [0.05, 0.1) is 0 Å². The van der Waals surface area contributed by atoms with E-state index < -0.39 is 19.5 Å². The summed E-state index contributed by atoms with van der Waals surface area (Å²) >= 11 is 0. The van der Waals surface area contributed by atoms with Gasteiger partial charge in [-0.2, -0.15) is 0 Å². The first kappa shape index (κ1) is 14.4. The molecule has 0 saturated carbocycles. The van der Waals surface area contributed by atoms with Crippen LogP contribution < -0.4 is 0 Å². The van der Waals surface area contributed by atoms with Gasteiger partial charge in [0.25, 0.3) is 0 Å². The minimum absolute atomic E-state index is 0.0523. The van der Waals surface area contributed by atoms with Gasteiger partial charge in [0.1, 0.15) is 0 Å². The summed E-state index contributed by atoms with van der Waals surface area (Å²) < 4.78 is 12.0. The average molecular weight is 233 g/mol. The molecule has 0 saturated heterocycles. The quantitative estimate of drug-likeness (QED) is 0.513. The SMILES string of the molecule is [CH2]CCC(O[SiH2]C)(O[SiH2]C)C(C)(C)C. The largest absolute Gasteiger partial charge is 0.398 e. The summed E-state index contributed by atoms with van der Waals surface area (Å²) in [6.07, 6.45) is 1.79. The molecule has 0 N–H and O–H groups in total. The van der Waals surface area contributed by atoms with Crippen molar-refractivity contribution in [3.05, 3.63) is 6.92 Å². The van der Waals surface area contributed by atoms with E-state index >= 15 is 0 Å². The predicted octanol–water partition coefficient (Wildman–Crippen LogP) is 1.64. The Labute approximate surface area is 93.6 Å². The summed E-state index contributed by atoms with van der Waals surface area (Å²) in [5.74, 6) is -0.351. The number of rotatable bonds is 6. The van der Waals surface area contributed by atoms with Gasteiger partial charge >= 0.3 is 0 Å². The van der Waals surface area contributed by atoms with Crippen LogP contribution in [0.5, 0.6) is 0 Å². The molecule has 0 fully saturated rings. The van der Waals surface area contributed by atoms with Gasteiger partial charge in [0, 0.05) is 5.41 Å². The smallest absolute Gasteiger partial charge is 0.162 e. The van der Waals surface area contributed by atoms with Gasteiger partial charge in [0.15, 0.2) is 25.3 Å². The van der Waals surface area contributed by atoms with Gasteiger partial charge in [-0.05, 0) is 12.8 Å². The second-order valence-corrected chi connectivity index (χ2v) is 6.20. The highest BCUT2D eigenvalue weighted by Crippen LogP contribution is 2.38. The number of hydrogen-bond donors (Lipinski definition) is 0. The topological polar surface area (TPSA) is 18.5 Å². The minimum atomic E-state index is -0.441. The molecule has 1 radical (unpaired) electrons. The van der Waals surface area contributed by atoms with Crippen molar-refractivity contribution in [2.24, 2.45) is 5.41 Å². The van der Waals surface area contributed by atoms with Crippen LogP contribution in [-0.2, 0) is 8.85 Å². The highest BCUT2D eigenvalue weighted by Gasteiger charge is 2.41. The second-order valence-electron chi connectivity index (χ2n) is 4.47. The van der Waals surface area contributed by atoms with E-state index in [0.717, 1.165) is 12.8 Å². The normalized spacial score (nSPS) is 18.4. The summed E-state index contributed by atoms with van der Waals surface area (Å²) in [4.78, 5) is 0. The zero-order chi connectivity index (χ0) is 11.2. The zero-order valence-electron chi connectivity index (χ0n) is 10.4. The Kier molecular flexibility index (Phi) is 6.20. The standard InChI is InChI=1S/C10H25O2Si2/c1-7-8-10(11-13-5,12-14-6)9(2,3)4/h1,7-8,13-14H2,2-6H3. The van der Waals surface area contributed by atoms with Crippen molar-refractivity contribution in [1.29, 1.82) is 0 Å². The van der Waals surface area contributed by atoms with Crippen molar-refractivity contribution in [3.8, 4) is 0 Å². The van der Waals surface area contributed by atoms with Crippen molar-refractivity contribution in [3.63, 3.8) is 0 Å². The molecular formula is C10H25O2Si2. The fraction of sp³-hybridized carbons (Fsp3) is 0.900. The lowest BCUT2D eigenvalue weighted by Crippen LogP contribution is -2.49. The van der Waals surface area contributed by atoms with Gasteiger partial charge in [-0.1, -0.05) is 40.8 Å². The monoisotopic (exact) mass is 233 g/mol. The molecular weight excluding hydrogens is 208 g/mol. The maximum absolute atomic E-state index is 5.99. The molecule has 0 aromatic rings. The molecule has 0 aliphatic rings. The van der Waals surface area contributed by atoms with Crippen molar-refractivity contribution in [2.45, 2.75) is 52.5 Å². The molecule has 0 amide bonds. The van der Waals surface area contributed by atoms with Crippen LogP contribution in [-0.4, -0.2) is 25.3 Å². The van der Waals surface area contributed by atoms with Crippen LogP contribution in [0, 0.1) is 12.3 Å². The molecule has 0 spiro atoms. The first-order valence-corrected chi connectivity index (χ1v) is 9.49. The third-order valence-electron chi connectivity index (χ3n) is 2.40. The maximum Gasteiger partial charge on any atom is 0.162 e. The molecule has 4 heteroatoms. The van der Waals surface area contributed by atoms with E-state index in [1.54, 1.807) is 0 Å². The molecule has 0 atom stereocenters. The molecule has 85 valence electrons. The molecule has 0 aromatic carbocycles. The lowest BCUT2D eigenvalue weighted by Gasteiger charge is -2.45. The summed E-state index contributed by atoms with van der Waals surface area (Å²) in [6.45, 7) is 14.8. The highest BCUT2D eigenvalue weighted by atomic mass is 28.2. The molecule has 2 nitrogen and oxygen atoms in total. The number of hydrogen-bond acceptors (Lipinski definition) is 2. The lowest BCUT2D eigenvalue weighted by molar-refractivity contribution is -0.190. The van der Waals surface area contributed by atoms with Gasteiger partial charge in [-0.3, -0.25) is 0 Å². The minimum Gasteiger partial charge on any atom is -0.398 e. The Morgan fingerprint density at radius 1 is 1.07 bits per heavy atom. The van der Waals surface area contributed by atoms with Crippen LogP contribution in [0.4, 0.5) is 0 Å². The highest BCUT2D eigenvalue weighted by molar-refractivity contribution is 6.26. The maximum atomic E-state index is 5.99. The molecule has 0 aliphatic carbocycles. The van der Waals surface area contributed by atoms with Gasteiger partial charge in [-0.15, -0.1) is 0 Å². The Morgan fingerprint density at radius 3 is 1.71 bits per heavy atom. The molecule has 0 aliphatic heterocycles. The summed E-state index contributed by atoms with van der Waals surface area (Å²) in [5.41, 5.74) is 0.0523. The van der Waals surface area contributed by atoms with Crippen molar-refractivity contribution >= 4 is 19.5 Å². The van der Waals surface area contributed by atoms with E-state index in [1.807, 2.05) is 0 Å². The van der Waals surface area contributed by atoms with Crippen molar-refractivity contribution in [2.75, 3.05) is 0 Å². The van der Waals surface area contributed by atoms with E-state index in [0.29, 0.717) is 0 Å². The van der Waals surface area contributed by atoms with E-state index in [-0.39, 0.29) is 11.2 Å². The molecule has 0 bridgehead atoms. The summed E-state index contributed by atoms with van der Waals surface area (Å²) in [7, 11) is -0.882. The summed E-state index contributed by atoms with van der Waals surface area (Å²) in [6, 6.07) is 0. The van der Waals surface area contributed by atoms with Crippen LogP contribution >= 0.6 is 0 Å². The van der Waals surface area contributed by atoms with Gasteiger partial charge in [0.2, 0.25) is 0 Å². The first-order valence-electron chi connectivity index (χ1n) is 5.50. The third-order valence-corrected chi connectivity index (χ3v) is 3.91. The van der Waals surface area contributed by atoms with Crippen molar-refractivity contribution in [1.82, 2.24) is 0 Å². The molecule has 0 heterocycles. The molecule has 14 heavy (non-hydrogen) atoms. The van der Waals surface area contributed by atoms with E-state index in [4.69, 9.17) is 8.85 Å². The Morgan fingerprint density at radius 2 is 1.50 bits per heavy atom. The summed E-state index contributed by atoms with van der Waals surface area (Å²) in [5, 5.41) is 0. The zero-order valence-corrected chi connectivity index (χ0v) is 13.2. The fourth-order valence-corrected chi connectivity index (χ4v) is 4.11. The van der Waals surface area contributed by atoms with E-state index in [9.17, 15) is 0 Å². The first-order chi connectivity index (χ1) is 6.43. The second kappa shape index (κ2) is 6.05.